The van der Waals surface area contributed by atoms with Crippen LogP contribution in [0, 0.1) is 11.3 Å². The summed E-state index contributed by atoms with van der Waals surface area (Å²) < 4.78 is 38.8. The van der Waals surface area contributed by atoms with E-state index in [2.05, 4.69) is 4.98 Å². The van der Waals surface area contributed by atoms with Crippen LogP contribution in [0.1, 0.15) is 10.6 Å². The van der Waals surface area contributed by atoms with Crippen molar-refractivity contribution in [1.29, 1.82) is 5.26 Å². The largest absolute Gasteiger partial charge is 0.443 e. The molecule has 1 aromatic heterocycles. The van der Waals surface area contributed by atoms with Gasteiger partial charge in [-0.3, -0.25) is 0 Å². The normalized spacial score (nSPS) is 11.5. The van der Waals surface area contributed by atoms with Crippen LogP contribution in [0.2, 0.25) is 0 Å². The van der Waals surface area contributed by atoms with Crippen molar-refractivity contribution < 1.29 is 13.2 Å². The minimum Gasteiger partial charge on any atom is -0.232 e. The van der Waals surface area contributed by atoms with E-state index in [1.807, 2.05) is 6.07 Å². The molecule has 1 heterocycles. The third kappa shape index (κ3) is 2.48. The summed E-state index contributed by atoms with van der Waals surface area (Å²) in [6.45, 7) is 0. The molecule has 0 unspecified atom stereocenters. The predicted molar refractivity (Wildman–Crippen MR) is 74.8 cm³/mol. The minimum atomic E-state index is -4.44. The number of nitrogens with zero attached hydrogens (tertiary/aromatic N) is 2. The second-order valence-electron chi connectivity index (χ2n) is 4.36. The average Bonchev–Trinajstić information content (AvgIpc) is 2.91. The lowest BCUT2D eigenvalue weighted by atomic mass is 10.0. The van der Waals surface area contributed by atoms with E-state index in [9.17, 15) is 13.2 Å². The van der Waals surface area contributed by atoms with E-state index in [0.717, 1.165) is 5.56 Å². The van der Waals surface area contributed by atoms with Crippen molar-refractivity contribution in [3.8, 4) is 17.2 Å². The molecule has 0 aliphatic rings. The van der Waals surface area contributed by atoms with Crippen molar-refractivity contribution >= 4 is 21.6 Å². The van der Waals surface area contributed by atoms with Crippen LogP contribution in [-0.2, 0) is 6.18 Å². The second-order valence-corrected chi connectivity index (χ2v) is 5.36. The number of nitriles is 1. The maximum absolute atomic E-state index is 12.8. The first-order valence-electron chi connectivity index (χ1n) is 5.96. The van der Waals surface area contributed by atoms with Gasteiger partial charge in [-0.25, -0.2) is 4.98 Å². The van der Waals surface area contributed by atoms with Gasteiger partial charge in [0, 0.05) is 5.56 Å². The Hall–Kier alpha value is -2.39. The number of hydrogen-bond donors (Lipinski definition) is 0. The maximum atomic E-state index is 12.8. The Morgan fingerprint density at radius 1 is 1.05 bits per heavy atom. The number of rotatable bonds is 1. The molecule has 0 atom stereocenters. The van der Waals surface area contributed by atoms with Gasteiger partial charge in [-0.05, 0) is 23.8 Å². The van der Waals surface area contributed by atoms with Gasteiger partial charge in [0.15, 0.2) is 5.01 Å². The van der Waals surface area contributed by atoms with Crippen LogP contribution in [0.3, 0.4) is 0 Å². The van der Waals surface area contributed by atoms with Gasteiger partial charge in [-0.2, -0.15) is 18.4 Å². The van der Waals surface area contributed by atoms with Gasteiger partial charge in [-0.1, -0.05) is 24.3 Å². The molecular weight excluding hydrogens is 297 g/mol. The summed E-state index contributed by atoms with van der Waals surface area (Å²) in [5.41, 5.74) is 2.28. The van der Waals surface area contributed by atoms with E-state index in [-0.39, 0.29) is 0 Å². The van der Waals surface area contributed by atoms with Gasteiger partial charge in [0.05, 0.1) is 21.8 Å². The van der Waals surface area contributed by atoms with Crippen molar-refractivity contribution in [1.82, 2.24) is 4.98 Å². The van der Waals surface area contributed by atoms with Gasteiger partial charge < -0.3 is 0 Å². The second kappa shape index (κ2) is 4.86. The summed E-state index contributed by atoms with van der Waals surface area (Å²) >= 11 is 0.635. The Bertz CT molecular complexity index is 842. The van der Waals surface area contributed by atoms with E-state index in [0.29, 0.717) is 32.7 Å². The molecule has 0 fully saturated rings. The Kier molecular flexibility index (Phi) is 3.15. The fourth-order valence-corrected chi connectivity index (χ4v) is 2.99. The molecule has 2 aromatic carbocycles. The zero-order valence-corrected chi connectivity index (χ0v) is 11.3. The minimum absolute atomic E-state index is 0.328. The Morgan fingerprint density at radius 3 is 2.38 bits per heavy atom. The van der Waals surface area contributed by atoms with Gasteiger partial charge in [0.2, 0.25) is 0 Å². The third-order valence-electron chi connectivity index (χ3n) is 2.98. The van der Waals surface area contributed by atoms with Crippen molar-refractivity contribution in [2.24, 2.45) is 0 Å². The van der Waals surface area contributed by atoms with Crippen LogP contribution in [0.25, 0.3) is 21.3 Å². The molecule has 0 spiro atoms. The molecule has 0 radical (unpaired) electrons. The first-order chi connectivity index (χ1) is 9.99. The number of alkyl halides is 3. The van der Waals surface area contributed by atoms with Crippen molar-refractivity contribution in [3.05, 3.63) is 53.0 Å². The number of thiazole rings is 1. The van der Waals surface area contributed by atoms with E-state index in [1.54, 1.807) is 42.5 Å². The molecule has 3 rings (SSSR count). The fourth-order valence-electron chi connectivity index (χ4n) is 2.02. The molecule has 2 nitrogen and oxygen atoms in total. The molecule has 0 N–H and O–H groups in total. The quantitative estimate of drug-likeness (QED) is 0.644. The van der Waals surface area contributed by atoms with E-state index >= 15 is 0 Å². The molecular formula is C15H7F3N2S. The highest BCUT2D eigenvalue weighted by molar-refractivity contribution is 7.19. The average molecular weight is 304 g/mol. The molecule has 0 saturated heterocycles. The summed E-state index contributed by atoms with van der Waals surface area (Å²) in [6, 6.07) is 13.7. The summed E-state index contributed by atoms with van der Waals surface area (Å²) in [7, 11) is 0. The number of hydrogen-bond acceptors (Lipinski definition) is 3. The van der Waals surface area contributed by atoms with Gasteiger partial charge in [-0.15, -0.1) is 11.3 Å². The van der Waals surface area contributed by atoms with Crippen LogP contribution >= 0.6 is 11.3 Å². The van der Waals surface area contributed by atoms with Crippen LogP contribution in [-0.4, -0.2) is 4.98 Å². The SMILES string of the molecule is N#Cc1ccc(-c2cccc3nc(C(F)(F)F)sc23)cc1. The molecule has 3 aromatic rings. The lowest BCUT2D eigenvalue weighted by Crippen LogP contribution is -2.03. The lowest BCUT2D eigenvalue weighted by Gasteiger charge is -2.02. The van der Waals surface area contributed by atoms with Gasteiger partial charge in [0.25, 0.3) is 0 Å². The van der Waals surface area contributed by atoms with E-state index < -0.39 is 11.2 Å². The first-order valence-corrected chi connectivity index (χ1v) is 6.78. The molecule has 0 aliphatic carbocycles. The van der Waals surface area contributed by atoms with Gasteiger partial charge >= 0.3 is 6.18 Å². The summed E-state index contributed by atoms with van der Waals surface area (Å²) in [6.07, 6.45) is -4.44. The molecule has 104 valence electrons. The topological polar surface area (TPSA) is 36.7 Å². The fraction of sp³-hybridized carbons (Fsp3) is 0.0667. The van der Waals surface area contributed by atoms with Crippen molar-refractivity contribution in [2.75, 3.05) is 0 Å². The summed E-state index contributed by atoms with van der Waals surface area (Å²) in [5.74, 6) is 0. The van der Waals surface area contributed by atoms with E-state index in [4.69, 9.17) is 5.26 Å². The molecule has 0 amide bonds. The van der Waals surface area contributed by atoms with Crippen LogP contribution in [0.4, 0.5) is 13.2 Å². The number of halogens is 3. The monoisotopic (exact) mass is 304 g/mol. The van der Waals surface area contributed by atoms with Crippen LogP contribution in [0.5, 0.6) is 0 Å². The summed E-state index contributed by atoms with van der Waals surface area (Å²) in [4.78, 5) is 3.65. The van der Waals surface area contributed by atoms with Gasteiger partial charge in [0.1, 0.15) is 0 Å². The molecule has 21 heavy (non-hydrogen) atoms. The molecule has 6 heteroatoms. The highest BCUT2D eigenvalue weighted by atomic mass is 32.1. The van der Waals surface area contributed by atoms with Crippen molar-refractivity contribution in [2.45, 2.75) is 6.18 Å². The van der Waals surface area contributed by atoms with Crippen LogP contribution in [0.15, 0.2) is 42.5 Å². The van der Waals surface area contributed by atoms with E-state index in [1.165, 1.54) is 0 Å². The molecule has 0 saturated carbocycles. The molecule has 0 bridgehead atoms. The third-order valence-corrected chi connectivity index (χ3v) is 4.13. The standard InChI is InChI=1S/C15H7F3N2S/c16-15(17,18)14-20-12-3-1-2-11(13(12)21-14)10-6-4-9(8-19)5-7-10/h1-7H. The van der Waals surface area contributed by atoms with Crippen molar-refractivity contribution in [3.63, 3.8) is 0 Å². The number of benzene rings is 2. The zero-order valence-electron chi connectivity index (χ0n) is 10.5. The lowest BCUT2D eigenvalue weighted by molar-refractivity contribution is -0.137. The number of fused-ring (bicyclic) bond motifs is 1. The summed E-state index contributed by atoms with van der Waals surface area (Å²) in [5, 5.41) is 7.93. The number of aromatic nitrogens is 1. The smallest absolute Gasteiger partial charge is 0.232 e. The molecule has 0 aliphatic heterocycles. The highest BCUT2D eigenvalue weighted by Gasteiger charge is 2.35. The van der Waals surface area contributed by atoms with Crippen LogP contribution < -0.4 is 0 Å². The Balaban J connectivity index is 2.18. The Labute approximate surface area is 122 Å². The zero-order chi connectivity index (χ0) is 15.0. The predicted octanol–water partition coefficient (Wildman–Crippen LogP) is 4.85. The maximum Gasteiger partial charge on any atom is 0.443 e. The highest BCUT2D eigenvalue weighted by Crippen LogP contribution is 2.39. The Morgan fingerprint density at radius 2 is 1.76 bits per heavy atom. The first kappa shape index (κ1) is 13.6.